The maximum atomic E-state index is 9.53. The van der Waals surface area contributed by atoms with Gasteiger partial charge < -0.3 is 9.32 Å². The predicted molar refractivity (Wildman–Crippen MR) is 122 cm³/mol. The number of benzene rings is 1. The zero-order chi connectivity index (χ0) is 23.1. The summed E-state index contributed by atoms with van der Waals surface area (Å²) >= 11 is 0. The Bertz CT molecular complexity index is 1520. The molecule has 0 bridgehead atoms. The Morgan fingerprint density at radius 2 is 2.06 bits per heavy atom. The number of pyridine rings is 1. The molecule has 1 N–H and O–H groups in total. The first-order valence-electron chi connectivity index (χ1n) is 10.5. The Labute approximate surface area is 190 Å². The third-order valence-electron chi connectivity index (χ3n) is 5.74. The molecule has 0 fully saturated rings. The van der Waals surface area contributed by atoms with Gasteiger partial charge in [0.25, 0.3) is 5.65 Å². The van der Waals surface area contributed by atoms with Crippen molar-refractivity contribution in [2.45, 2.75) is 20.4 Å². The lowest BCUT2D eigenvalue weighted by Gasteiger charge is -2.13. The van der Waals surface area contributed by atoms with Crippen molar-refractivity contribution in [2.24, 2.45) is 7.05 Å². The van der Waals surface area contributed by atoms with Crippen molar-refractivity contribution in [3.63, 3.8) is 0 Å². The summed E-state index contributed by atoms with van der Waals surface area (Å²) < 4.78 is 9.65. The number of fused-ring (bicyclic) bond motifs is 1. The van der Waals surface area contributed by atoms with E-state index < -0.39 is 0 Å². The van der Waals surface area contributed by atoms with Crippen LogP contribution in [0.5, 0.6) is 0 Å². The molecule has 5 rings (SSSR count). The molecule has 0 saturated heterocycles. The molecule has 0 unspecified atom stereocenters. The van der Waals surface area contributed by atoms with E-state index in [2.05, 4.69) is 38.6 Å². The van der Waals surface area contributed by atoms with Crippen LogP contribution < -0.4 is 9.30 Å². The molecular weight excluding hydrogens is 416 g/mol. The fraction of sp³-hybridized carbons (Fsp3) is 0.208. The molecule has 5 aromatic rings. The maximum Gasteiger partial charge on any atom is 0.318 e. The number of aromatic amines is 1. The van der Waals surface area contributed by atoms with Gasteiger partial charge in [-0.2, -0.15) is 10.4 Å². The zero-order valence-corrected chi connectivity index (χ0v) is 18.9. The summed E-state index contributed by atoms with van der Waals surface area (Å²) in [5.41, 5.74) is 7.13. The summed E-state index contributed by atoms with van der Waals surface area (Å²) in [5.74, 6) is 0.458. The van der Waals surface area contributed by atoms with Crippen LogP contribution in [0.25, 0.3) is 28.2 Å². The number of nitrogens with zero attached hydrogens (tertiary/aromatic N) is 7. The first kappa shape index (κ1) is 20.5. The lowest BCUT2D eigenvalue weighted by Crippen LogP contribution is -2.22. The molecule has 4 aromatic heterocycles. The minimum absolute atomic E-state index is 0.447. The van der Waals surface area contributed by atoms with Crippen LogP contribution in [0, 0.1) is 25.2 Å². The number of H-pyrrole nitrogens is 1. The highest BCUT2D eigenvalue weighted by Gasteiger charge is 2.18. The summed E-state index contributed by atoms with van der Waals surface area (Å²) in [6.07, 6.45) is 5.94. The molecule has 9 heteroatoms. The molecule has 1 aromatic carbocycles. The number of rotatable bonds is 5. The Kier molecular flexibility index (Phi) is 4.90. The molecule has 9 nitrogen and oxygen atoms in total. The fourth-order valence-electron chi connectivity index (χ4n) is 4.12. The molecule has 0 aliphatic heterocycles. The molecule has 33 heavy (non-hydrogen) atoms. The first-order valence-corrected chi connectivity index (χ1v) is 10.5. The number of aromatic nitrogens is 6. The molecule has 0 atom stereocenters. The van der Waals surface area contributed by atoms with Gasteiger partial charge in [-0.05, 0) is 37.1 Å². The second kappa shape index (κ2) is 7.91. The van der Waals surface area contributed by atoms with Crippen molar-refractivity contribution in [1.29, 1.82) is 5.26 Å². The standard InChI is InChI=1S/C24H22N8O/c1-15-11-18(22-16(2)29-31(4)20(22)12-25)6-7-19(15)23-27-28-24(33-23)30(3)13-17-5-8-21-26-9-10-32(21)14-17/h5-11,14H,13H2,1-4H3/p+1. The summed E-state index contributed by atoms with van der Waals surface area (Å²) in [6.45, 7) is 4.53. The Balaban J connectivity index is 1.40. The van der Waals surface area contributed by atoms with Crippen LogP contribution in [0.1, 0.15) is 22.5 Å². The molecule has 0 aliphatic carbocycles. The monoisotopic (exact) mass is 439 g/mol. The van der Waals surface area contributed by atoms with E-state index in [-0.39, 0.29) is 0 Å². The highest BCUT2D eigenvalue weighted by atomic mass is 16.4. The van der Waals surface area contributed by atoms with E-state index in [0.717, 1.165) is 39.2 Å². The maximum absolute atomic E-state index is 9.53. The molecular formula is C24H23N8O+. The number of hydrogen-bond acceptors (Lipinski definition) is 6. The van der Waals surface area contributed by atoms with Gasteiger partial charge in [0.05, 0.1) is 12.2 Å². The van der Waals surface area contributed by atoms with E-state index >= 15 is 0 Å². The van der Waals surface area contributed by atoms with Gasteiger partial charge in [0, 0.05) is 36.9 Å². The van der Waals surface area contributed by atoms with Crippen molar-refractivity contribution >= 4 is 11.7 Å². The van der Waals surface area contributed by atoms with Crippen molar-refractivity contribution in [2.75, 3.05) is 11.9 Å². The molecule has 0 radical (unpaired) electrons. The van der Waals surface area contributed by atoms with E-state index in [9.17, 15) is 5.26 Å². The summed E-state index contributed by atoms with van der Waals surface area (Å²) in [4.78, 5) is 5.09. The van der Waals surface area contributed by atoms with Crippen LogP contribution in [-0.2, 0) is 13.6 Å². The topological polar surface area (TPSA) is 104 Å². The Morgan fingerprint density at radius 1 is 1.21 bits per heavy atom. The smallest absolute Gasteiger partial charge is 0.318 e. The third kappa shape index (κ3) is 3.61. The number of anilines is 1. The van der Waals surface area contributed by atoms with Gasteiger partial charge in [0.1, 0.15) is 30.4 Å². The van der Waals surface area contributed by atoms with Crippen LogP contribution in [-0.4, -0.2) is 32.0 Å². The van der Waals surface area contributed by atoms with Crippen LogP contribution in [0.4, 0.5) is 6.01 Å². The van der Waals surface area contributed by atoms with Gasteiger partial charge in [-0.1, -0.05) is 17.2 Å². The minimum atomic E-state index is 0.447. The van der Waals surface area contributed by atoms with Crippen LogP contribution in [0.2, 0.25) is 0 Å². The second-order valence-corrected chi connectivity index (χ2v) is 8.11. The number of aryl methyl sites for hydroxylation is 3. The number of imidazole rings is 1. The highest BCUT2D eigenvalue weighted by Crippen LogP contribution is 2.32. The molecule has 0 saturated carbocycles. The molecule has 0 spiro atoms. The largest absolute Gasteiger partial charge is 0.403 e. The predicted octanol–water partition coefficient (Wildman–Crippen LogP) is 3.33. The third-order valence-corrected chi connectivity index (χ3v) is 5.74. The highest BCUT2D eigenvalue weighted by molar-refractivity contribution is 5.75. The van der Waals surface area contributed by atoms with Gasteiger partial charge in [0.15, 0.2) is 0 Å². The number of hydrogen-bond donors (Lipinski definition) is 1. The Morgan fingerprint density at radius 3 is 2.85 bits per heavy atom. The van der Waals surface area contributed by atoms with Crippen LogP contribution in [0.3, 0.4) is 0 Å². The van der Waals surface area contributed by atoms with E-state index in [1.807, 2.05) is 66.9 Å². The van der Waals surface area contributed by atoms with E-state index in [0.29, 0.717) is 24.1 Å². The lowest BCUT2D eigenvalue weighted by molar-refractivity contribution is -0.510. The summed E-state index contributed by atoms with van der Waals surface area (Å²) in [6, 6.07) is 12.7. The van der Waals surface area contributed by atoms with Crippen molar-refractivity contribution in [1.82, 2.24) is 25.0 Å². The van der Waals surface area contributed by atoms with E-state index in [1.54, 1.807) is 11.7 Å². The normalized spacial score (nSPS) is 11.1. The average Bonchev–Trinajstić information content (AvgIpc) is 3.51. The van der Waals surface area contributed by atoms with Crippen molar-refractivity contribution in [3.05, 3.63) is 71.4 Å². The number of nitriles is 1. The van der Waals surface area contributed by atoms with Crippen LogP contribution >= 0.6 is 0 Å². The lowest BCUT2D eigenvalue weighted by atomic mass is 9.98. The molecule has 0 amide bonds. The quantitative estimate of drug-likeness (QED) is 0.421. The summed E-state index contributed by atoms with van der Waals surface area (Å²) in [5, 5.41) is 22.4. The van der Waals surface area contributed by atoms with Crippen LogP contribution in [0.15, 0.2) is 53.3 Å². The first-order chi connectivity index (χ1) is 15.9. The second-order valence-electron chi connectivity index (χ2n) is 8.11. The fourth-order valence-corrected chi connectivity index (χ4v) is 4.12. The Hall–Kier alpha value is -4.45. The molecule has 4 heterocycles. The SMILES string of the molecule is Cc1cc(-c2c(C)nn(C)c2C#N)ccc1-c1nnc(N(C)Cc2ccc3[nH]cc[n+]3c2)o1. The number of nitrogens with one attached hydrogen (secondary N) is 1. The van der Waals surface area contributed by atoms with E-state index in [1.165, 1.54) is 0 Å². The van der Waals surface area contributed by atoms with Crippen molar-refractivity contribution in [3.8, 4) is 28.7 Å². The van der Waals surface area contributed by atoms with Gasteiger partial charge in [-0.15, -0.1) is 5.10 Å². The van der Waals surface area contributed by atoms with Gasteiger partial charge in [-0.25, -0.2) is 9.38 Å². The molecule has 0 aliphatic rings. The summed E-state index contributed by atoms with van der Waals surface area (Å²) in [7, 11) is 3.70. The van der Waals surface area contributed by atoms with Gasteiger partial charge in [-0.3, -0.25) is 4.68 Å². The van der Waals surface area contributed by atoms with Gasteiger partial charge >= 0.3 is 6.01 Å². The molecule has 164 valence electrons. The minimum Gasteiger partial charge on any atom is -0.403 e. The average molecular weight is 440 g/mol. The van der Waals surface area contributed by atoms with E-state index in [4.69, 9.17) is 4.42 Å². The van der Waals surface area contributed by atoms with Crippen molar-refractivity contribution < 1.29 is 8.82 Å². The zero-order valence-electron chi connectivity index (χ0n) is 18.9. The van der Waals surface area contributed by atoms with Gasteiger partial charge in [0.2, 0.25) is 5.89 Å².